The Hall–Kier alpha value is -1.96. The molecule has 3 aromatic heterocycles. The molecule has 2 atom stereocenters. The number of halogens is 1. The number of thiazole rings is 1. The summed E-state index contributed by atoms with van der Waals surface area (Å²) in [6.45, 7) is 0. The Balaban J connectivity index is 1.64. The molecule has 1 amide bonds. The molecule has 124 valence electrons. The van der Waals surface area contributed by atoms with E-state index in [1.807, 2.05) is 24.4 Å². The summed E-state index contributed by atoms with van der Waals surface area (Å²) in [6.07, 6.45) is 6.46. The van der Waals surface area contributed by atoms with Crippen LogP contribution in [0.2, 0.25) is 4.34 Å². The van der Waals surface area contributed by atoms with Gasteiger partial charge in [0.2, 0.25) is 0 Å². The van der Waals surface area contributed by atoms with Crippen LogP contribution in [0.5, 0.6) is 0 Å². The van der Waals surface area contributed by atoms with Crippen molar-refractivity contribution in [3.05, 3.63) is 39.9 Å². The van der Waals surface area contributed by atoms with Gasteiger partial charge in [0, 0.05) is 23.8 Å². The lowest BCUT2D eigenvalue weighted by molar-refractivity contribution is 0.0934. The molecule has 1 aliphatic rings. The highest BCUT2D eigenvalue weighted by atomic mass is 35.5. The molecular formula is C16H16ClN5OS. The summed E-state index contributed by atoms with van der Waals surface area (Å²) in [5.41, 5.74) is 8.31. The first-order chi connectivity index (χ1) is 11.6. The van der Waals surface area contributed by atoms with Crippen LogP contribution in [0.3, 0.4) is 0 Å². The first kappa shape index (κ1) is 15.6. The van der Waals surface area contributed by atoms with Crippen LogP contribution in [0.1, 0.15) is 29.1 Å². The maximum Gasteiger partial charge on any atom is 0.280 e. The van der Waals surface area contributed by atoms with Crippen molar-refractivity contribution >= 4 is 34.4 Å². The number of aromatic nitrogens is 3. The van der Waals surface area contributed by atoms with Gasteiger partial charge in [0.25, 0.3) is 5.91 Å². The fraction of sp³-hybridized carbons (Fsp3) is 0.312. The highest BCUT2D eigenvalue weighted by Crippen LogP contribution is 2.35. The summed E-state index contributed by atoms with van der Waals surface area (Å²) in [7, 11) is 0. The number of nitrogens with two attached hydrogens (primary N) is 1. The topological polar surface area (TPSA) is 85.3 Å². The zero-order valence-electron chi connectivity index (χ0n) is 12.8. The van der Waals surface area contributed by atoms with Crippen LogP contribution in [-0.2, 0) is 0 Å². The molecule has 0 radical (unpaired) electrons. The summed E-state index contributed by atoms with van der Waals surface area (Å²) in [5, 5.41) is 7.61. The lowest BCUT2D eigenvalue weighted by Crippen LogP contribution is -2.43. The average molecular weight is 362 g/mol. The summed E-state index contributed by atoms with van der Waals surface area (Å²) in [5.74, 6) is -0.216. The molecule has 3 aromatic rings. The van der Waals surface area contributed by atoms with Crippen molar-refractivity contribution in [3.8, 4) is 11.3 Å². The third-order valence-corrected chi connectivity index (χ3v) is 5.60. The Bertz CT molecular complexity index is 905. The van der Waals surface area contributed by atoms with Crippen molar-refractivity contribution in [2.24, 2.45) is 5.73 Å². The summed E-state index contributed by atoms with van der Waals surface area (Å²) in [4.78, 5) is 16.9. The second-order valence-corrected chi connectivity index (χ2v) is 7.51. The van der Waals surface area contributed by atoms with E-state index in [2.05, 4.69) is 15.4 Å². The zero-order valence-corrected chi connectivity index (χ0v) is 14.3. The third kappa shape index (κ3) is 2.68. The fourth-order valence-corrected chi connectivity index (χ4v) is 4.15. The second-order valence-electron chi connectivity index (χ2n) is 5.90. The van der Waals surface area contributed by atoms with Gasteiger partial charge in [0.15, 0.2) is 5.01 Å². The summed E-state index contributed by atoms with van der Waals surface area (Å²) < 4.78 is 2.23. The minimum atomic E-state index is -0.216. The Morgan fingerprint density at radius 1 is 1.42 bits per heavy atom. The van der Waals surface area contributed by atoms with Gasteiger partial charge in [-0.3, -0.25) is 4.79 Å². The largest absolute Gasteiger partial charge is 0.346 e. The number of fused-ring (bicyclic) bond motifs is 1. The number of carbonyl (C=O) groups is 1. The van der Waals surface area contributed by atoms with Crippen LogP contribution in [0.25, 0.3) is 16.8 Å². The van der Waals surface area contributed by atoms with Gasteiger partial charge in [0.1, 0.15) is 10.0 Å². The lowest BCUT2D eigenvalue weighted by atomic mass is 10.2. The number of pyridine rings is 1. The Morgan fingerprint density at radius 2 is 2.29 bits per heavy atom. The van der Waals surface area contributed by atoms with Gasteiger partial charge in [-0.25, -0.2) is 9.50 Å². The van der Waals surface area contributed by atoms with Gasteiger partial charge >= 0.3 is 0 Å². The van der Waals surface area contributed by atoms with Gasteiger partial charge in [-0.05, 0) is 31.4 Å². The minimum Gasteiger partial charge on any atom is -0.346 e. The number of carbonyl (C=O) groups excluding carboxylic acids is 1. The predicted octanol–water partition coefficient (Wildman–Crippen LogP) is 2.72. The molecule has 3 heterocycles. The van der Waals surface area contributed by atoms with Crippen LogP contribution in [0, 0.1) is 0 Å². The van der Waals surface area contributed by atoms with E-state index in [-0.39, 0.29) is 18.0 Å². The van der Waals surface area contributed by atoms with Crippen molar-refractivity contribution < 1.29 is 4.79 Å². The minimum absolute atomic E-state index is 0.0144. The third-order valence-electron chi connectivity index (χ3n) is 4.35. The highest BCUT2D eigenvalue weighted by molar-refractivity contribution is 7.18. The fourth-order valence-electron chi connectivity index (χ4n) is 3.08. The van der Waals surface area contributed by atoms with Crippen LogP contribution in [0.4, 0.5) is 0 Å². The van der Waals surface area contributed by atoms with E-state index < -0.39 is 0 Å². The van der Waals surface area contributed by atoms with E-state index >= 15 is 0 Å². The van der Waals surface area contributed by atoms with Gasteiger partial charge in [-0.2, -0.15) is 5.10 Å². The molecule has 0 unspecified atom stereocenters. The molecule has 0 aromatic carbocycles. The first-order valence-electron chi connectivity index (χ1n) is 7.79. The van der Waals surface area contributed by atoms with E-state index in [1.165, 1.54) is 11.3 Å². The molecule has 1 aliphatic carbocycles. The van der Waals surface area contributed by atoms with E-state index in [0.717, 1.165) is 30.3 Å². The normalized spacial score (nSPS) is 20.6. The maximum atomic E-state index is 12.4. The average Bonchev–Trinajstić information content (AvgIpc) is 3.27. The van der Waals surface area contributed by atoms with Crippen LogP contribution in [0.15, 0.2) is 30.6 Å². The van der Waals surface area contributed by atoms with Crippen molar-refractivity contribution in [2.75, 3.05) is 0 Å². The van der Waals surface area contributed by atoms with Crippen molar-refractivity contribution in [1.29, 1.82) is 0 Å². The molecular weight excluding hydrogens is 346 g/mol. The quantitative estimate of drug-likeness (QED) is 0.751. The molecule has 1 fully saturated rings. The summed E-state index contributed by atoms with van der Waals surface area (Å²) >= 11 is 7.52. The lowest BCUT2D eigenvalue weighted by Gasteiger charge is -2.15. The smallest absolute Gasteiger partial charge is 0.280 e. The van der Waals surface area contributed by atoms with E-state index in [1.54, 1.807) is 10.7 Å². The van der Waals surface area contributed by atoms with Crippen LogP contribution >= 0.6 is 22.9 Å². The molecule has 4 rings (SSSR count). The molecule has 0 bridgehead atoms. The highest BCUT2D eigenvalue weighted by Gasteiger charge is 2.27. The molecule has 6 nitrogen and oxygen atoms in total. The van der Waals surface area contributed by atoms with Gasteiger partial charge in [-0.15, -0.1) is 0 Å². The number of nitrogens with zero attached hydrogens (tertiary/aromatic N) is 3. The Labute approximate surface area is 147 Å². The summed E-state index contributed by atoms with van der Waals surface area (Å²) in [6, 6.07) is 5.80. The van der Waals surface area contributed by atoms with E-state index in [4.69, 9.17) is 17.3 Å². The van der Waals surface area contributed by atoms with E-state index in [0.29, 0.717) is 15.0 Å². The van der Waals surface area contributed by atoms with Crippen molar-refractivity contribution in [3.63, 3.8) is 0 Å². The SMILES string of the molecule is N[C@@H]1CCC[C@@H]1NC(=O)c1nc(-c2cnn3ccccc23)c(Cl)s1. The van der Waals surface area contributed by atoms with Gasteiger partial charge < -0.3 is 11.1 Å². The number of amides is 1. The number of hydrogen-bond donors (Lipinski definition) is 2. The van der Waals surface area contributed by atoms with Gasteiger partial charge in [0.05, 0.1) is 11.7 Å². The molecule has 24 heavy (non-hydrogen) atoms. The van der Waals surface area contributed by atoms with Crippen LogP contribution < -0.4 is 11.1 Å². The van der Waals surface area contributed by atoms with Crippen molar-refractivity contribution in [2.45, 2.75) is 31.3 Å². The number of rotatable bonds is 3. The standard InChI is InChI=1S/C16H16ClN5OS/c17-14-13(9-8-19-22-7-2-1-6-12(9)22)21-16(24-14)15(23)20-11-5-3-4-10(11)18/h1-2,6-8,10-11H,3-5,18H2,(H,20,23)/t10-,11+/m1/s1. The number of nitrogens with one attached hydrogen (secondary N) is 1. The van der Waals surface area contributed by atoms with Crippen LogP contribution in [-0.4, -0.2) is 32.6 Å². The van der Waals surface area contributed by atoms with Gasteiger partial charge in [-0.1, -0.05) is 29.0 Å². The Morgan fingerprint density at radius 3 is 3.08 bits per heavy atom. The first-order valence-corrected chi connectivity index (χ1v) is 8.98. The zero-order chi connectivity index (χ0) is 16.7. The molecule has 1 saturated carbocycles. The van der Waals surface area contributed by atoms with Crippen molar-refractivity contribution in [1.82, 2.24) is 19.9 Å². The predicted molar refractivity (Wildman–Crippen MR) is 94.4 cm³/mol. The molecule has 0 aliphatic heterocycles. The Kier molecular flexibility index (Phi) is 3.99. The van der Waals surface area contributed by atoms with E-state index in [9.17, 15) is 4.79 Å². The molecule has 0 spiro atoms. The monoisotopic (exact) mass is 361 g/mol. The second kappa shape index (κ2) is 6.16. The maximum absolute atomic E-state index is 12.4. The molecule has 8 heteroatoms. The molecule has 0 saturated heterocycles. The number of hydrogen-bond acceptors (Lipinski definition) is 5. The molecule has 3 N–H and O–H groups in total.